The summed E-state index contributed by atoms with van der Waals surface area (Å²) in [4.78, 5) is 29.2. The lowest BCUT2D eigenvalue weighted by Gasteiger charge is -2.30. The lowest BCUT2D eigenvalue weighted by atomic mass is 9.86. The number of amides is 2. The van der Waals surface area contributed by atoms with Gasteiger partial charge >= 0.3 is 12.0 Å². The first-order valence-corrected chi connectivity index (χ1v) is 16.1. The zero-order chi connectivity index (χ0) is 32.9. The van der Waals surface area contributed by atoms with Gasteiger partial charge in [-0.05, 0) is 61.3 Å². The maximum absolute atomic E-state index is 14.4. The normalized spacial score (nSPS) is 14.9. The molecule has 0 aromatic heterocycles. The number of carbonyl (C=O) groups excluding carboxylic acids is 2. The second-order valence-electron chi connectivity index (χ2n) is 13.9. The van der Waals surface area contributed by atoms with Crippen molar-refractivity contribution in [1.29, 1.82) is 0 Å². The molecule has 1 aliphatic rings. The van der Waals surface area contributed by atoms with Crippen molar-refractivity contribution in [3.8, 4) is 11.1 Å². The van der Waals surface area contributed by atoms with E-state index in [2.05, 4.69) is 57.2 Å². The van der Waals surface area contributed by atoms with Crippen molar-refractivity contribution >= 4 is 17.7 Å². The molecule has 1 saturated heterocycles. The van der Waals surface area contributed by atoms with E-state index in [0.29, 0.717) is 18.7 Å². The van der Waals surface area contributed by atoms with Crippen LogP contribution in [0.3, 0.4) is 0 Å². The van der Waals surface area contributed by atoms with Gasteiger partial charge in [-0.25, -0.2) is 14.6 Å². The summed E-state index contributed by atoms with van der Waals surface area (Å²) < 4.78 is 5.71. The fourth-order valence-electron chi connectivity index (χ4n) is 5.64. The number of hydrogen-bond donors (Lipinski definition) is 0. The Morgan fingerprint density at radius 1 is 0.761 bits per heavy atom. The minimum absolute atomic E-state index is 0.0923. The molecule has 238 valence electrons. The molecule has 4 aromatic carbocycles. The summed E-state index contributed by atoms with van der Waals surface area (Å²) in [5.74, 6) is -0.379. The largest absolute Gasteiger partial charge is 0.458 e. The highest BCUT2D eigenvalue weighted by Gasteiger charge is 2.39. The van der Waals surface area contributed by atoms with Crippen LogP contribution in [0, 0.1) is 0 Å². The minimum Gasteiger partial charge on any atom is -0.458 e. The van der Waals surface area contributed by atoms with E-state index >= 15 is 0 Å². The van der Waals surface area contributed by atoms with Gasteiger partial charge in [-0.2, -0.15) is 5.10 Å². The summed E-state index contributed by atoms with van der Waals surface area (Å²) in [5.41, 5.74) is 6.38. The smallest absolute Gasteiger partial charge is 0.341 e. The maximum atomic E-state index is 14.4. The molecule has 46 heavy (non-hydrogen) atoms. The molecule has 0 N–H and O–H groups in total. The van der Waals surface area contributed by atoms with Gasteiger partial charge in [-0.3, -0.25) is 0 Å². The van der Waals surface area contributed by atoms with E-state index in [0.717, 1.165) is 34.2 Å². The van der Waals surface area contributed by atoms with Gasteiger partial charge in [0, 0.05) is 17.7 Å². The van der Waals surface area contributed by atoms with Crippen LogP contribution in [0.15, 0.2) is 114 Å². The number of ether oxygens (including phenoxy) is 1. The van der Waals surface area contributed by atoms with E-state index in [9.17, 15) is 9.59 Å². The van der Waals surface area contributed by atoms with E-state index < -0.39 is 11.6 Å². The Balaban J connectivity index is 1.49. The third kappa shape index (κ3) is 8.11. The Bertz CT molecular complexity index is 1610. The van der Waals surface area contributed by atoms with Crippen molar-refractivity contribution in [2.45, 2.75) is 78.0 Å². The summed E-state index contributed by atoms with van der Waals surface area (Å²) in [5, 5.41) is 6.55. The van der Waals surface area contributed by atoms with Crippen molar-refractivity contribution in [2.24, 2.45) is 5.10 Å². The molecule has 4 aromatic rings. The topological polar surface area (TPSA) is 62.2 Å². The SMILES string of the molecule is CC(C)(C)OC(=O)C1CCCN1C(=O)N(Cc1ccc(-c2ccc(C(C)(C)C)cc2)cc1)N=C(c1ccccc1)c1ccccc1. The summed E-state index contributed by atoms with van der Waals surface area (Å²) in [6, 6.07) is 35.7. The van der Waals surface area contributed by atoms with Crippen LogP contribution in [0.25, 0.3) is 11.1 Å². The molecule has 6 nitrogen and oxygen atoms in total. The van der Waals surface area contributed by atoms with E-state index in [1.54, 1.807) is 4.90 Å². The van der Waals surface area contributed by atoms with Crippen LogP contribution in [0.1, 0.15) is 76.6 Å². The number of benzene rings is 4. The third-order valence-electron chi connectivity index (χ3n) is 8.08. The highest BCUT2D eigenvalue weighted by atomic mass is 16.6. The van der Waals surface area contributed by atoms with Gasteiger partial charge in [0.2, 0.25) is 0 Å². The summed E-state index contributed by atoms with van der Waals surface area (Å²) in [6.45, 7) is 12.9. The lowest BCUT2D eigenvalue weighted by molar-refractivity contribution is -0.159. The Kier molecular flexibility index (Phi) is 9.76. The first-order chi connectivity index (χ1) is 21.9. The first-order valence-electron chi connectivity index (χ1n) is 16.1. The van der Waals surface area contributed by atoms with Crippen LogP contribution >= 0.6 is 0 Å². The quantitative estimate of drug-likeness (QED) is 0.119. The molecular formula is C40H45N3O3. The van der Waals surface area contributed by atoms with E-state index in [-0.39, 0.29) is 24.0 Å². The highest BCUT2D eigenvalue weighted by molar-refractivity contribution is 6.13. The summed E-state index contributed by atoms with van der Waals surface area (Å²) >= 11 is 0. The number of urea groups is 1. The van der Waals surface area contributed by atoms with Gasteiger partial charge < -0.3 is 9.64 Å². The molecule has 1 atom stereocenters. The van der Waals surface area contributed by atoms with Crippen molar-refractivity contribution in [1.82, 2.24) is 9.91 Å². The Hall–Kier alpha value is -4.71. The van der Waals surface area contributed by atoms with Gasteiger partial charge in [0.05, 0.1) is 12.3 Å². The van der Waals surface area contributed by atoms with Gasteiger partial charge in [0.1, 0.15) is 11.6 Å². The fourth-order valence-corrected chi connectivity index (χ4v) is 5.64. The third-order valence-corrected chi connectivity index (χ3v) is 8.08. The number of nitrogens with zero attached hydrogens (tertiary/aromatic N) is 3. The van der Waals surface area contributed by atoms with Crippen LogP contribution in [0.5, 0.6) is 0 Å². The Morgan fingerprint density at radius 2 is 1.28 bits per heavy atom. The molecule has 0 saturated carbocycles. The van der Waals surface area contributed by atoms with E-state index in [1.165, 1.54) is 10.6 Å². The maximum Gasteiger partial charge on any atom is 0.341 e. The number of rotatable bonds is 7. The predicted octanol–water partition coefficient (Wildman–Crippen LogP) is 8.83. The monoisotopic (exact) mass is 615 g/mol. The fraction of sp³-hybridized carbons (Fsp3) is 0.325. The number of likely N-dealkylation sites (tertiary alicyclic amines) is 1. The molecule has 0 aliphatic carbocycles. The zero-order valence-electron chi connectivity index (χ0n) is 27.9. The van der Waals surface area contributed by atoms with Crippen LogP contribution in [0.4, 0.5) is 4.79 Å². The lowest BCUT2D eigenvalue weighted by Crippen LogP contribution is -2.48. The molecule has 1 heterocycles. The molecule has 6 heteroatoms. The number of esters is 1. The predicted molar refractivity (Wildman–Crippen MR) is 186 cm³/mol. The van der Waals surface area contributed by atoms with Crippen molar-refractivity contribution in [2.75, 3.05) is 6.54 Å². The minimum atomic E-state index is -0.653. The van der Waals surface area contributed by atoms with Gasteiger partial charge in [-0.1, -0.05) is 130 Å². The molecule has 0 spiro atoms. The first kappa shape index (κ1) is 32.7. The zero-order valence-corrected chi connectivity index (χ0v) is 27.9. The van der Waals surface area contributed by atoms with Gasteiger partial charge in [0.15, 0.2) is 0 Å². The average molecular weight is 616 g/mol. The number of hydrogen-bond acceptors (Lipinski definition) is 4. The number of carbonyl (C=O) groups is 2. The van der Waals surface area contributed by atoms with Crippen LogP contribution in [-0.2, 0) is 21.5 Å². The van der Waals surface area contributed by atoms with Crippen LogP contribution in [-0.4, -0.2) is 45.8 Å². The molecule has 0 radical (unpaired) electrons. The molecule has 1 aliphatic heterocycles. The molecule has 2 amide bonds. The van der Waals surface area contributed by atoms with Crippen molar-refractivity contribution < 1.29 is 14.3 Å². The molecular weight excluding hydrogens is 570 g/mol. The Labute approximate surface area is 273 Å². The second kappa shape index (κ2) is 13.7. The van der Waals surface area contributed by atoms with E-state index in [1.807, 2.05) is 93.6 Å². The molecule has 0 bridgehead atoms. The standard InChI is InChI=1S/C40H45N3O3/c1-39(2,3)34-25-23-31(24-26-34)30-21-19-29(20-22-30)28-43(38(45)42-27-13-18-35(42)37(44)46-40(4,5)6)41-36(32-14-9-7-10-15-32)33-16-11-8-12-17-33/h7-12,14-17,19-26,35H,13,18,27-28H2,1-6H3. The highest BCUT2D eigenvalue weighted by Crippen LogP contribution is 2.28. The van der Waals surface area contributed by atoms with Crippen LogP contribution in [0.2, 0.25) is 0 Å². The number of hydrazone groups is 1. The summed E-state index contributed by atoms with van der Waals surface area (Å²) in [6.07, 6.45) is 1.28. The van der Waals surface area contributed by atoms with Gasteiger partial charge in [0.25, 0.3) is 0 Å². The summed E-state index contributed by atoms with van der Waals surface area (Å²) in [7, 11) is 0. The second-order valence-corrected chi connectivity index (χ2v) is 13.9. The van der Waals surface area contributed by atoms with Crippen LogP contribution < -0.4 is 0 Å². The van der Waals surface area contributed by atoms with E-state index in [4.69, 9.17) is 9.84 Å². The van der Waals surface area contributed by atoms with Crippen molar-refractivity contribution in [3.05, 3.63) is 131 Å². The Morgan fingerprint density at radius 3 is 1.78 bits per heavy atom. The molecule has 1 fully saturated rings. The van der Waals surface area contributed by atoms with Crippen molar-refractivity contribution in [3.63, 3.8) is 0 Å². The molecule has 5 rings (SSSR count). The average Bonchev–Trinajstić information content (AvgIpc) is 3.53. The van der Waals surface area contributed by atoms with Gasteiger partial charge in [-0.15, -0.1) is 0 Å². The molecule has 1 unspecified atom stereocenters.